The van der Waals surface area contributed by atoms with E-state index in [1.165, 1.54) is 16.2 Å². The van der Waals surface area contributed by atoms with E-state index in [2.05, 4.69) is 24.1 Å². The smallest absolute Gasteiger partial charge is 0.246 e. The minimum atomic E-state index is -0.621. The average molecular weight is 262 g/mol. The van der Waals surface area contributed by atoms with Crippen molar-refractivity contribution in [2.24, 2.45) is 5.73 Å². The first kappa shape index (κ1) is 13.4. The van der Waals surface area contributed by atoms with Crippen molar-refractivity contribution in [3.8, 4) is 0 Å². The van der Waals surface area contributed by atoms with Gasteiger partial charge in [-0.3, -0.25) is 4.79 Å². The summed E-state index contributed by atoms with van der Waals surface area (Å²) in [6.07, 6.45) is 3.36. The molecule has 0 aromatic carbocycles. The Bertz CT molecular complexity index is 387. The summed E-state index contributed by atoms with van der Waals surface area (Å²) in [6.45, 7) is 4.20. The number of halogens is 1. The van der Waals surface area contributed by atoms with Gasteiger partial charge in [0, 0.05) is 11.1 Å². The van der Waals surface area contributed by atoms with Crippen molar-refractivity contribution in [1.82, 2.24) is 4.98 Å². The van der Waals surface area contributed by atoms with Crippen LogP contribution in [0, 0.1) is 0 Å². The molecule has 6 heteroatoms. The maximum atomic E-state index is 11.6. The van der Waals surface area contributed by atoms with Crippen LogP contribution in [0.4, 0.5) is 5.13 Å². The lowest BCUT2D eigenvalue weighted by Crippen LogP contribution is -2.37. The fraction of sp³-hybridized carbons (Fsp3) is 0.600. The van der Waals surface area contributed by atoms with Crippen LogP contribution >= 0.6 is 23.7 Å². The van der Waals surface area contributed by atoms with Gasteiger partial charge in [-0.1, -0.05) is 13.8 Å². The Balaban J connectivity index is 0.00000128. The van der Waals surface area contributed by atoms with Gasteiger partial charge in [-0.25, -0.2) is 4.98 Å². The van der Waals surface area contributed by atoms with Gasteiger partial charge in [-0.15, -0.1) is 23.7 Å². The third-order valence-corrected chi connectivity index (χ3v) is 3.77. The molecule has 0 aliphatic heterocycles. The van der Waals surface area contributed by atoms with E-state index in [0.717, 1.165) is 12.8 Å². The minimum absolute atomic E-state index is 0. The molecular formula is C10H16ClN3OS. The number of rotatable bonds is 3. The molecule has 0 saturated heterocycles. The minimum Gasteiger partial charge on any atom is -0.317 e. The number of hydrogen-bond acceptors (Lipinski definition) is 4. The quantitative estimate of drug-likeness (QED) is 0.876. The second-order valence-corrected chi connectivity index (χ2v) is 5.39. The molecule has 1 fully saturated rings. The summed E-state index contributed by atoms with van der Waals surface area (Å²) >= 11 is 1.51. The lowest BCUT2D eigenvalue weighted by Gasteiger charge is -2.06. The molecule has 1 heterocycles. The van der Waals surface area contributed by atoms with Crippen molar-refractivity contribution in [3.63, 3.8) is 0 Å². The number of anilines is 1. The largest absolute Gasteiger partial charge is 0.317 e. The Kier molecular flexibility index (Phi) is 3.93. The lowest BCUT2D eigenvalue weighted by atomic mass is 10.2. The highest BCUT2D eigenvalue weighted by Gasteiger charge is 2.46. The Labute approximate surface area is 105 Å². The summed E-state index contributed by atoms with van der Waals surface area (Å²) in [4.78, 5) is 16.9. The highest BCUT2D eigenvalue weighted by atomic mass is 35.5. The second kappa shape index (κ2) is 4.69. The van der Waals surface area contributed by atoms with Gasteiger partial charge < -0.3 is 11.1 Å². The first-order valence-corrected chi connectivity index (χ1v) is 5.89. The number of nitrogens with zero attached hydrogens (tertiary/aromatic N) is 1. The standard InChI is InChI=1S/C10H15N3OS.ClH/c1-6(2)7-5-12-9(15-7)13-8(14)10(11)3-4-10;/h5-6H,3-4,11H2,1-2H3,(H,12,13,14);1H. The van der Waals surface area contributed by atoms with Gasteiger partial charge in [0.25, 0.3) is 0 Å². The molecule has 1 amide bonds. The Morgan fingerprint density at radius 3 is 2.69 bits per heavy atom. The van der Waals surface area contributed by atoms with Gasteiger partial charge in [-0.05, 0) is 18.8 Å². The van der Waals surface area contributed by atoms with E-state index >= 15 is 0 Å². The van der Waals surface area contributed by atoms with Crippen LogP contribution in [0.1, 0.15) is 37.5 Å². The molecule has 2 rings (SSSR count). The van der Waals surface area contributed by atoms with Gasteiger partial charge in [0.2, 0.25) is 5.91 Å². The summed E-state index contributed by atoms with van der Waals surface area (Å²) in [5.74, 6) is 0.341. The molecule has 0 radical (unpaired) electrons. The molecule has 1 saturated carbocycles. The summed E-state index contributed by atoms with van der Waals surface area (Å²) in [5, 5.41) is 3.42. The molecule has 1 aromatic heterocycles. The lowest BCUT2D eigenvalue weighted by molar-refractivity contribution is -0.118. The Hall–Kier alpha value is -0.650. The van der Waals surface area contributed by atoms with E-state index in [9.17, 15) is 4.79 Å². The normalized spacial score (nSPS) is 16.8. The van der Waals surface area contributed by atoms with Crippen LogP contribution < -0.4 is 11.1 Å². The predicted molar refractivity (Wildman–Crippen MR) is 68.2 cm³/mol. The van der Waals surface area contributed by atoms with Crippen LogP contribution in [0.15, 0.2) is 6.20 Å². The molecule has 1 aliphatic carbocycles. The van der Waals surface area contributed by atoms with Crippen molar-refractivity contribution >= 4 is 34.8 Å². The zero-order chi connectivity index (χ0) is 11.1. The maximum absolute atomic E-state index is 11.6. The number of amides is 1. The van der Waals surface area contributed by atoms with Crippen molar-refractivity contribution in [2.45, 2.75) is 38.1 Å². The number of aromatic nitrogens is 1. The van der Waals surface area contributed by atoms with E-state index in [-0.39, 0.29) is 18.3 Å². The first-order valence-electron chi connectivity index (χ1n) is 5.07. The predicted octanol–water partition coefficient (Wildman–Crippen LogP) is 2.12. The SMILES string of the molecule is CC(C)c1cnc(NC(=O)C2(N)CC2)s1.Cl. The van der Waals surface area contributed by atoms with Crippen LogP contribution in [0.3, 0.4) is 0 Å². The zero-order valence-corrected chi connectivity index (χ0v) is 11.0. The van der Waals surface area contributed by atoms with Gasteiger partial charge >= 0.3 is 0 Å². The fourth-order valence-electron chi connectivity index (χ4n) is 1.19. The van der Waals surface area contributed by atoms with Gasteiger partial charge in [0.1, 0.15) is 0 Å². The van der Waals surface area contributed by atoms with Crippen LogP contribution in [0.5, 0.6) is 0 Å². The van der Waals surface area contributed by atoms with Crippen molar-refractivity contribution in [3.05, 3.63) is 11.1 Å². The van der Waals surface area contributed by atoms with Crippen molar-refractivity contribution < 1.29 is 4.79 Å². The molecule has 4 nitrogen and oxygen atoms in total. The maximum Gasteiger partial charge on any atom is 0.246 e. The van der Waals surface area contributed by atoms with Crippen LogP contribution in [0.25, 0.3) is 0 Å². The van der Waals surface area contributed by atoms with Gasteiger partial charge in [0.15, 0.2) is 5.13 Å². The summed E-state index contributed by atoms with van der Waals surface area (Å²) in [6, 6.07) is 0. The molecule has 1 aromatic rings. The Morgan fingerprint density at radius 2 is 2.25 bits per heavy atom. The molecular weight excluding hydrogens is 246 g/mol. The average Bonchev–Trinajstić information content (AvgIpc) is 2.76. The number of carbonyl (C=O) groups excluding carboxylic acids is 1. The van der Waals surface area contributed by atoms with Gasteiger partial charge in [-0.2, -0.15) is 0 Å². The molecule has 90 valence electrons. The monoisotopic (exact) mass is 261 g/mol. The first-order chi connectivity index (χ1) is 7.01. The van der Waals surface area contributed by atoms with E-state index < -0.39 is 5.54 Å². The Morgan fingerprint density at radius 1 is 1.62 bits per heavy atom. The molecule has 0 atom stereocenters. The summed E-state index contributed by atoms with van der Waals surface area (Å²) in [5.41, 5.74) is 5.15. The molecule has 0 bridgehead atoms. The van der Waals surface area contributed by atoms with Gasteiger partial charge in [0.05, 0.1) is 5.54 Å². The number of nitrogens with two attached hydrogens (primary N) is 1. The second-order valence-electron chi connectivity index (χ2n) is 4.33. The molecule has 16 heavy (non-hydrogen) atoms. The molecule has 0 unspecified atom stereocenters. The van der Waals surface area contributed by atoms with E-state index in [1.54, 1.807) is 6.20 Å². The third kappa shape index (κ3) is 2.72. The van der Waals surface area contributed by atoms with Crippen molar-refractivity contribution in [1.29, 1.82) is 0 Å². The molecule has 3 N–H and O–H groups in total. The van der Waals surface area contributed by atoms with Crippen molar-refractivity contribution in [2.75, 3.05) is 5.32 Å². The zero-order valence-electron chi connectivity index (χ0n) is 9.32. The van der Waals surface area contributed by atoms with Crippen LogP contribution in [0.2, 0.25) is 0 Å². The fourth-order valence-corrected chi connectivity index (χ4v) is 2.01. The number of nitrogens with one attached hydrogen (secondary N) is 1. The molecule has 1 aliphatic rings. The highest BCUT2D eigenvalue weighted by molar-refractivity contribution is 7.15. The number of hydrogen-bond donors (Lipinski definition) is 2. The van der Waals surface area contributed by atoms with Crippen LogP contribution in [-0.4, -0.2) is 16.4 Å². The number of thiazole rings is 1. The number of carbonyl (C=O) groups is 1. The van der Waals surface area contributed by atoms with Crippen LogP contribution in [-0.2, 0) is 4.79 Å². The summed E-state index contributed by atoms with van der Waals surface area (Å²) in [7, 11) is 0. The third-order valence-electron chi connectivity index (χ3n) is 2.55. The topological polar surface area (TPSA) is 68.0 Å². The summed E-state index contributed by atoms with van der Waals surface area (Å²) < 4.78 is 0. The van der Waals surface area contributed by atoms with E-state index in [0.29, 0.717) is 11.0 Å². The van der Waals surface area contributed by atoms with E-state index in [4.69, 9.17) is 5.73 Å². The highest BCUT2D eigenvalue weighted by Crippen LogP contribution is 2.34. The van der Waals surface area contributed by atoms with E-state index in [1.807, 2.05) is 0 Å². The molecule has 0 spiro atoms.